The van der Waals surface area contributed by atoms with E-state index in [1.807, 2.05) is 27.2 Å². The van der Waals surface area contributed by atoms with Crippen molar-refractivity contribution in [1.29, 1.82) is 0 Å². The molecule has 0 saturated heterocycles. The van der Waals surface area contributed by atoms with Gasteiger partial charge in [0.1, 0.15) is 13.2 Å². The van der Waals surface area contributed by atoms with Gasteiger partial charge in [-0.1, -0.05) is 262 Å². The number of carbonyl (C=O) groups excluding carboxylic acids is 1. The molecule has 0 aliphatic heterocycles. The Kier molecular flexibility index (Phi) is 50.7. The summed E-state index contributed by atoms with van der Waals surface area (Å²) in [6.45, 7) is 4.83. The molecule has 0 aromatic carbocycles. The number of unbranched alkanes of at least 4 members (excludes halogenated alkanes) is 38. The van der Waals surface area contributed by atoms with E-state index in [1.165, 1.54) is 231 Å². The fourth-order valence-corrected chi connectivity index (χ4v) is 9.61. The summed E-state index contributed by atoms with van der Waals surface area (Å²) in [6.07, 6.45) is 66.9. The molecular weight excluding hydrogens is 876 g/mol. The van der Waals surface area contributed by atoms with Crippen LogP contribution in [0, 0.1) is 0 Å². The maximum atomic E-state index is 13.0. The Morgan fingerprint density at radius 1 is 0.478 bits per heavy atom. The van der Waals surface area contributed by atoms with Crippen LogP contribution in [0.4, 0.5) is 0 Å². The Labute approximate surface area is 429 Å². The molecule has 0 spiro atoms. The molecule has 0 aromatic heterocycles. The number of likely N-dealkylation sites (N-methyl/N-ethyl adjacent to an activating group) is 1. The van der Waals surface area contributed by atoms with Gasteiger partial charge < -0.3 is 19.8 Å². The summed E-state index contributed by atoms with van der Waals surface area (Å²) in [6, 6.07) is -0.863. The van der Waals surface area contributed by atoms with Gasteiger partial charge in [0, 0.05) is 6.42 Å². The lowest BCUT2D eigenvalue weighted by Gasteiger charge is -2.25. The number of amides is 1. The van der Waals surface area contributed by atoms with E-state index in [4.69, 9.17) is 9.05 Å². The van der Waals surface area contributed by atoms with Crippen LogP contribution in [-0.2, 0) is 18.4 Å². The van der Waals surface area contributed by atoms with Crippen LogP contribution in [0.2, 0.25) is 0 Å². The van der Waals surface area contributed by atoms with Gasteiger partial charge in [-0.3, -0.25) is 13.8 Å². The van der Waals surface area contributed by atoms with Gasteiger partial charge in [0.2, 0.25) is 5.91 Å². The molecule has 0 heterocycles. The van der Waals surface area contributed by atoms with Crippen molar-refractivity contribution >= 4 is 13.7 Å². The van der Waals surface area contributed by atoms with Gasteiger partial charge in [0.05, 0.1) is 39.9 Å². The van der Waals surface area contributed by atoms with Crippen LogP contribution in [0.1, 0.15) is 290 Å². The summed E-state index contributed by atoms with van der Waals surface area (Å²) in [5, 5.41) is 13.9. The molecule has 0 aliphatic carbocycles. The number of quaternary nitrogens is 1. The van der Waals surface area contributed by atoms with Gasteiger partial charge >= 0.3 is 7.82 Å². The zero-order valence-electron chi connectivity index (χ0n) is 46.6. The smallest absolute Gasteiger partial charge is 0.387 e. The highest BCUT2D eigenvalue weighted by Crippen LogP contribution is 2.43. The van der Waals surface area contributed by atoms with Gasteiger partial charge in [-0.05, 0) is 57.8 Å². The quantitative estimate of drug-likeness (QED) is 0.0243. The number of nitrogens with zero attached hydrogens (tertiary/aromatic N) is 1. The summed E-state index contributed by atoms with van der Waals surface area (Å²) in [5.41, 5.74) is 0. The zero-order valence-corrected chi connectivity index (χ0v) is 47.5. The lowest BCUT2D eigenvalue weighted by atomic mass is 10.0. The van der Waals surface area contributed by atoms with Gasteiger partial charge in [-0.2, -0.15) is 0 Å². The number of phosphoric acid groups is 1. The predicted octanol–water partition coefficient (Wildman–Crippen LogP) is 18.2. The van der Waals surface area contributed by atoms with Crippen molar-refractivity contribution in [3.63, 3.8) is 0 Å². The molecule has 408 valence electrons. The van der Waals surface area contributed by atoms with E-state index in [1.54, 1.807) is 6.08 Å². The lowest BCUT2D eigenvalue weighted by molar-refractivity contribution is -0.870. The summed E-state index contributed by atoms with van der Waals surface area (Å²) >= 11 is 0. The van der Waals surface area contributed by atoms with Crippen molar-refractivity contribution in [2.45, 2.75) is 302 Å². The SMILES string of the molecule is CCCCCCCCCCCCCC/C=C\CCCCCCCCCCCCCCC(=O)NC(COP(=O)(O)OCC[N+](C)(C)C)C(O)/C=C/CC/C=C/CCCCCCCCCCCCCCC. The molecule has 3 N–H and O–H groups in total. The van der Waals surface area contributed by atoms with Crippen LogP contribution in [-0.4, -0.2) is 73.4 Å². The summed E-state index contributed by atoms with van der Waals surface area (Å²) in [5.74, 6) is -0.184. The third-order valence-electron chi connectivity index (χ3n) is 13.6. The number of carbonyl (C=O) groups is 1. The van der Waals surface area contributed by atoms with Crippen molar-refractivity contribution in [2.75, 3.05) is 40.9 Å². The van der Waals surface area contributed by atoms with Crippen molar-refractivity contribution < 1.29 is 32.9 Å². The molecule has 9 heteroatoms. The van der Waals surface area contributed by atoms with Crippen molar-refractivity contribution in [2.24, 2.45) is 0 Å². The average molecular weight is 995 g/mol. The molecule has 0 aromatic rings. The molecular formula is C60H118N2O6P+. The highest BCUT2D eigenvalue weighted by molar-refractivity contribution is 7.47. The number of allylic oxidation sites excluding steroid dienone is 5. The predicted molar refractivity (Wildman–Crippen MR) is 300 cm³/mol. The van der Waals surface area contributed by atoms with Crippen LogP contribution in [0.15, 0.2) is 36.5 Å². The number of phosphoric ester groups is 1. The fraction of sp³-hybridized carbons (Fsp3) is 0.883. The third kappa shape index (κ3) is 54.3. The molecule has 0 rings (SSSR count). The lowest BCUT2D eigenvalue weighted by Crippen LogP contribution is -2.45. The Morgan fingerprint density at radius 2 is 0.797 bits per heavy atom. The molecule has 0 radical (unpaired) electrons. The number of hydrogen-bond acceptors (Lipinski definition) is 5. The van der Waals surface area contributed by atoms with Gasteiger partial charge in [0.25, 0.3) is 0 Å². The maximum Gasteiger partial charge on any atom is 0.472 e. The molecule has 8 nitrogen and oxygen atoms in total. The molecule has 0 bridgehead atoms. The van der Waals surface area contributed by atoms with E-state index < -0.39 is 20.0 Å². The van der Waals surface area contributed by atoms with E-state index in [-0.39, 0.29) is 19.1 Å². The first-order valence-electron chi connectivity index (χ1n) is 29.9. The topological polar surface area (TPSA) is 105 Å². The van der Waals surface area contributed by atoms with Gasteiger partial charge in [-0.15, -0.1) is 0 Å². The molecule has 1 amide bonds. The van der Waals surface area contributed by atoms with Crippen LogP contribution in [0.5, 0.6) is 0 Å². The number of aliphatic hydroxyl groups excluding tert-OH is 1. The largest absolute Gasteiger partial charge is 0.472 e. The minimum atomic E-state index is -4.35. The van der Waals surface area contributed by atoms with Crippen molar-refractivity contribution in [1.82, 2.24) is 5.32 Å². The highest BCUT2D eigenvalue weighted by atomic mass is 31.2. The van der Waals surface area contributed by atoms with Crippen LogP contribution < -0.4 is 5.32 Å². The van der Waals surface area contributed by atoms with E-state index in [2.05, 4.69) is 43.5 Å². The first-order chi connectivity index (χ1) is 33.5. The number of rotatable bonds is 55. The second-order valence-corrected chi connectivity index (χ2v) is 23.2. The Balaban J connectivity index is 4.17. The Bertz CT molecular complexity index is 1220. The van der Waals surface area contributed by atoms with Crippen molar-refractivity contribution in [3.8, 4) is 0 Å². The first kappa shape index (κ1) is 67.7. The average Bonchev–Trinajstić information content (AvgIpc) is 3.31. The molecule has 3 atom stereocenters. The minimum absolute atomic E-state index is 0.0570. The molecule has 0 aliphatic rings. The second-order valence-electron chi connectivity index (χ2n) is 21.7. The standard InChI is InChI=1S/C60H117N2O6P/c1-6-8-10-12-14-16-18-20-22-24-26-27-28-29-30-31-32-33-34-36-38-40-42-44-46-48-50-52-54-60(64)61-58(57-68-69(65,66)67-56-55-62(3,4)5)59(63)53-51-49-47-45-43-41-39-37-35-25-23-21-19-17-15-13-11-9-7-2/h29-30,43,45,51,53,58-59,63H,6-28,31-42,44,46-50,52,54-57H2,1-5H3,(H-,61,64,65,66)/p+1/b30-29-,45-43+,53-51+. The number of nitrogens with one attached hydrogen (secondary N) is 1. The van der Waals surface area contributed by atoms with Crippen LogP contribution in [0.25, 0.3) is 0 Å². The first-order valence-corrected chi connectivity index (χ1v) is 31.4. The fourth-order valence-electron chi connectivity index (χ4n) is 8.88. The Morgan fingerprint density at radius 3 is 1.16 bits per heavy atom. The van der Waals surface area contributed by atoms with Crippen LogP contribution in [0.3, 0.4) is 0 Å². The van der Waals surface area contributed by atoms with Crippen molar-refractivity contribution in [3.05, 3.63) is 36.5 Å². The number of hydrogen-bond donors (Lipinski definition) is 3. The van der Waals surface area contributed by atoms with E-state index in [0.717, 1.165) is 38.5 Å². The van der Waals surface area contributed by atoms with Gasteiger partial charge in [0.15, 0.2) is 0 Å². The van der Waals surface area contributed by atoms with Crippen LogP contribution >= 0.6 is 7.82 Å². The highest BCUT2D eigenvalue weighted by Gasteiger charge is 2.27. The Hall–Kier alpha value is -1.28. The maximum absolute atomic E-state index is 13.0. The van der Waals surface area contributed by atoms with Gasteiger partial charge in [-0.25, -0.2) is 4.57 Å². The second kappa shape index (κ2) is 51.6. The van der Waals surface area contributed by atoms with E-state index >= 15 is 0 Å². The molecule has 69 heavy (non-hydrogen) atoms. The summed E-state index contributed by atoms with van der Waals surface area (Å²) < 4.78 is 23.7. The van der Waals surface area contributed by atoms with E-state index in [9.17, 15) is 19.4 Å². The number of aliphatic hydroxyl groups is 1. The van der Waals surface area contributed by atoms with E-state index in [0.29, 0.717) is 17.4 Å². The molecule has 0 fully saturated rings. The summed E-state index contributed by atoms with van der Waals surface area (Å²) in [7, 11) is 1.56. The third-order valence-corrected chi connectivity index (χ3v) is 14.6. The normalized spacial score (nSPS) is 14.1. The minimum Gasteiger partial charge on any atom is -0.387 e. The zero-order chi connectivity index (χ0) is 50.6. The molecule has 3 unspecified atom stereocenters. The summed E-state index contributed by atoms with van der Waals surface area (Å²) in [4.78, 5) is 23.3. The monoisotopic (exact) mass is 994 g/mol. The molecule has 0 saturated carbocycles.